The minimum Gasteiger partial charge on any atom is -0.497 e. The molecule has 5 rings (SSSR count). The van der Waals surface area contributed by atoms with Crippen LogP contribution in [-0.4, -0.2) is 22.1 Å². The predicted molar refractivity (Wildman–Crippen MR) is 129 cm³/mol. The lowest BCUT2D eigenvalue weighted by molar-refractivity contribution is 0.415. The largest absolute Gasteiger partial charge is 0.497 e. The number of pyridine rings is 1. The summed E-state index contributed by atoms with van der Waals surface area (Å²) in [6.45, 7) is 0.563. The van der Waals surface area contributed by atoms with Gasteiger partial charge in [-0.3, -0.25) is 4.98 Å². The van der Waals surface area contributed by atoms with Crippen molar-refractivity contribution in [3.8, 4) is 28.3 Å². The summed E-state index contributed by atoms with van der Waals surface area (Å²) in [6.07, 6.45) is 1.80. The second-order valence-corrected chi connectivity index (χ2v) is 7.37. The summed E-state index contributed by atoms with van der Waals surface area (Å²) in [7, 11) is 1.66. The van der Waals surface area contributed by atoms with Crippen molar-refractivity contribution in [1.29, 1.82) is 0 Å². The number of ether oxygens (including phenoxy) is 1. The van der Waals surface area contributed by atoms with E-state index < -0.39 is 0 Å². The van der Waals surface area contributed by atoms with E-state index in [0.29, 0.717) is 12.4 Å². The van der Waals surface area contributed by atoms with Gasteiger partial charge < -0.3 is 10.1 Å². The topological polar surface area (TPSA) is 59.9 Å². The number of aromatic nitrogens is 3. The third kappa shape index (κ3) is 4.01. The molecule has 0 aliphatic carbocycles. The fourth-order valence-electron chi connectivity index (χ4n) is 3.74. The molecule has 0 aliphatic heterocycles. The fourth-order valence-corrected chi connectivity index (χ4v) is 3.74. The van der Waals surface area contributed by atoms with Gasteiger partial charge in [0.25, 0.3) is 0 Å². The van der Waals surface area contributed by atoms with Crippen molar-refractivity contribution in [1.82, 2.24) is 15.0 Å². The van der Waals surface area contributed by atoms with E-state index in [0.717, 1.165) is 44.9 Å². The molecule has 0 atom stereocenters. The smallest absolute Gasteiger partial charge is 0.162 e. The number of nitrogens with one attached hydrogen (secondary N) is 1. The minimum absolute atomic E-state index is 0.563. The van der Waals surface area contributed by atoms with Gasteiger partial charge in [-0.25, -0.2) is 9.97 Å². The van der Waals surface area contributed by atoms with Gasteiger partial charge in [0.1, 0.15) is 11.6 Å². The van der Waals surface area contributed by atoms with Crippen molar-refractivity contribution in [2.45, 2.75) is 6.54 Å². The minimum atomic E-state index is 0.563. The Labute approximate surface area is 186 Å². The molecule has 0 amide bonds. The van der Waals surface area contributed by atoms with Gasteiger partial charge in [-0.1, -0.05) is 60.7 Å². The molecule has 2 aromatic heterocycles. The van der Waals surface area contributed by atoms with Gasteiger partial charge in [0, 0.05) is 11.8 Å². The lowest BCUT2D eigenvalue weighted by atomic mass is 10.0. The van der Waals surface area contributed by atoms with Crippen LogP contribution in [0.15, 0.2) is 97.2 Å². The first-order valence-electron chi connectivity index (χ1n) is 10.5. The molecule has 0 unspecified atom stereocenters. The van der Waals surface area contributed by atoms with Crippen LogP contribution >= 0.6 is 0 Å². The number of anilines is 1. The first-order valence-corrected chi connectivity index (χ1v) is 10.5. The van der Waals surface area contributed by atoms with Gasteiger partial charge in [-0.2, -0.15) is 0 Å². The fraction of sp³-hybridized carbons (Fsp3) is 0.0741. The maximum atomic E-state index is 5.40. The summed E-state index contributed by atoms with van der Waals surface area (Å²) in [6, 6.07) is 30.2. The molecule has 0 spiro atoms. The van der Waals surface area contributed by atoms with Crippen molar-refractivity contribution in [2.24, 2.45) is 0 Å². The van der Waals surface area contributed by atoms with E-state index in [4.69, 9.17) is 14.7 Å². The second-order valence-electron chi connectivity index (χ2n) is 7.37. The van der Waals surface area contributed by atoms with Crippen molar-refractivity contribution in [3.63, 3.8) is 0 Å². The Bertz CT molecular complexity index is 1350. The summed E-state index contributed by atoms with van der Waals surface area (Å²) in [5.41, 5.74) is 4.93. The van der Waals surface area contributed by atoms with Gasteiger partial charge >= 0.3 is 0 Å². The van der Waals surface area contributed by atoms with Crippen molar-refractivity contribution >= 4 is 16.7 Å². The van der Waals surface area contributed by atoms with Gasteiger partial charge in [-0.15, -0.1) is 0 Å². The van der Waals surface area contributed by atoms with E-state index in [-0.39, 0.29) is 0 Å². The van der Waals surface area contributed by atoms with E-state index in [1.807, 2.05) is 72.8 Å². The summed E-state index contributed by atoms with van der Waals surface area (Å²) < 4.78 is 5.40. The van der Waals surface area contributed by atoms with Gasteiger partial charge in [-0.05, 0) is 41.5 Å². The molecule has 2 heterocycles. The molecule has 3 aromatic carbocycles. The molecular formula is C27H22N4O. The maximum Gasteiger partial charge on any atom is 0.162 e. The average Bonchev–Trinajstić information content (AvgIpc) is 2.88. The van der Waals surface area contributed by atoms with Crippen LogP contribution in [0.5, 0.6) is 5.75 Å². The Morgan fingerprint density at radius 3 is 2.41 bits per heavy atom. The second kappa shape index (κ2) is 8.86. The van der Waals surface area contributed by atoms with Crippen LogP contribution in [0.1, 0.15) is 5.69 Å². The Morgan fingerprint density at radius 1 is 0.781 bits per heavy atom. The zero-order valence-corrected chi connectivity index (χ0v) is 17.7. The number of hydrogen-bond acceptors (Lipinski definition) is 5. The van der Waals surface area contributed by atoms with E-state index in [1.165, 1.54) is 0 Å². The van der Waals surface area contributed by atoms with Crippen LogP contribution in [0.4, 0.5) is 5.82 Å². The van der Waals surface area contributed by atoms with Crippen LogP contribution in [0.3, 0.4) is 0 Å². The lowest BCUT2D eigenvalue weighted by Crippen LogP contribution is -2.06. The molecule has 32 heavy (non-hydrogen) atoms. The highest BCUT2D eigenvalue weighted by Crippen LogP contribution is 2.34. The van der Waals surface area contributed by atoms with E-state index in [1.54, 1.807) is 13.3 Å². The molecule has 1 N–H and O–H groups in total. The Hall–Kier alpha value is -4.25. The molecule has 0 saturated heterocycles. The zero-order chi connectivity index (χ0) is 21.8. The molecule has 5 nitrogen and oxygen atoms in total. The molecule has 5 heteroatoms. The number of nitrogens with zero attached hydrogens (tertiary/aromatic N) is 3. The highest BCUT2D eigenvalue weighted by molar-refractivity contribution is 6.02. The number of methoxy groups -OCH3 is 1. The number of benzene rings is 3. The molecular weight excluding hydrogens is 396 g/mol. The Balaban J connectivity index is 1.68. The first kappa shape index (κ1) is 19.7. The number of rotatable bonds is 6. The molecule has 0 fully saturated rings. The Kier molecular flexibility index (Phi) is 5.45. The molecule has 0 bridgehead atoms. The maximum absolute atomic E-state index is 5.40. The van der Waals surface area contributed by atoms with E-state index in [2.05, 4.69) is 28.5 Å². The molecule has 0 aliphatic rings. The summed E-state index contributed by atoms with van der Waals surface area (Å²) in [5.74, 6) is 2.19. The summed E-state index contributed by atoms with van der Waals surface area (Å²) >= 11 is 0. The highest BCUT2D eigenvalue weighted by atomic mass is 16.5. The van der Waals surface area contributed by atoms with Crippen LogP contribution in [0.25, 0.3) is 33.4 Å². The zero-order valence-electron chi connectivity index (χ0n) is 17.7. The van der Waals surface area contributed by atoms with E-state index in [9.17, 15) is 0 Å². The molecule has 0 radical (unpaired) electrons. The SMILES string of the molecule is COc1cccc(-c2nc(NCc3ccccn3)c3c(-c4ccccc4)cccc3n2)c1. The van der Waals surface area contributed by atoms with E-state index >= 15 is 0 Å². The monoisotopic (exact) mass is 418 g/mol. The quantitative estimate of drug-likeness (QED) is 0.368. The van der Waals surface area contributed by atoms with Gasteiger partial charge in [0.05, 0.1) is 30.3 Å². The third-order valence-electron chi connectivity index (χ3n) is 5.30. The van der Waals surface area contributed by atoms with Gasteiger partial charge in [0.2, 0.25) is 0 Å². The number of fused-ring (bicyclic) bond motifs is 1. The van der Waals surface area contributed by atoms with Crippen LogP contribution in [-0.2, 0) is 6.54 Å². The third-order valence-corrected chi connectivity index (χ3v) is 5.30. The Morgan fingerprint density at radius 2 is 1.59 bits per heavy atom. The molecule has 156 valence electrons. The first-order chi connectivity index (χ1) is 15.8. The number of hydrogen-bond donors (Lipinski definition) is 1. The lowest BCUT2D eigenvalue weighted by Gasteiger charge is -2.14. The summed E-state index contributed by atoms with van der Waals surface area (Å²) in [5, 5.41) is 4.50. The highest BCUT2D eigenvalue weighted by Gasteiger charge is 2.14. The van der Waals surface area contributed by atoms with Crippen molar-refractivity contribution in [3.05, 3.63) is 103 Å². The van der Waals surface area contributed by atoms with Crippen molar-refractivity contribution < 1.29 is 4.74 Å². The predicted octanol–water partition coefficient (Wildman–Crippen LogP) is 5.98. The molecule has 0 saturated carbocycles. The van der Waals surface area contributed by atoms with Crippen LogP contribution in [0.2, 0.25) is 0 Å². The van der Waals surface area contributed by atoms with Gasteiger partial charge in [0.15, 0.2) is 5.82 Å². The normalized spacial score (nSPS) is 10.8. The standard InChI is InChI=1S/C27H22N4O/c1-32-22-13-7-11-20(17-22)26-30-24-15-8-14-23(19-9-3-2-4-10-19)25(24)27(31-26)29-18-21-12-5-6-16-28-21/h2-17H,18H2,1H3,(H,29,30,31). The summed E-state index contributed by atoms with van der Waals surface area (Å²) in [4.78, 5) is 14.3. The van der Waals surface area contributed by atoms with Crippen LogP contribution in [0, 0.1) is 0 Å². The van der Waals surface area contributed by atoms with Crippen molar-refractivity contribution in [2.75, 3.05) is 12.4 Å². The van der Waals surface area contributed by atoms with Crippen LogP contribution < -0.4 is 10.1 Å². The average molecular weight is 419 g/mol. The molecule has 5 aromatic rings.